The number of halogens is 1. The lowest BCUT2D eigenvalue weighted by Crippen LogP contribution is -2.69. The first-order chi connectivity index (χ1) is 18.1. The van der Waals surface area contributed by atoms with Gasteiger partial charge in [-0.25, -0.2) is 9.38 Å². The van der Waals surface area contributed by atoms with E-state index in [9.17, 15) is 15.0 Å². The first-order valence-corrected chi connectivity index (χ1v) is 14.8. The van der Waals surface area contributed by atoms with E-state index < -0.39 is 34.1 Å². The van der Waals surface area contributed by atoms with E-state index in [0.717, 1.165) is 23.4 Å². The molecule has 4 aliphatic carbocycles. The molecule has 0 heterocycles. The van der Waals surface area contributed by atoms with Gasteiger partial charge in [0.25, 0.3) is 0 Å². The predicted molar refractivity (Wildman–Crippen MR) is 155 cm³/mol. The van der Waals surface area contributed by atoms with Gasteiger partial charge >= 0.3 is 0 Å². The third kappa shape index (κ3) is 4.05. The van der Waals surface area contributed by atoms with Crippen LogP contribution in [0.2, 0.25) is 0 Å². The van der Waals surface area contributed by atoms with Crippen molar-refractivity contribution in [1.29, 1.82) is 0 Å². The van der Waals surface area contributed by atoms with Gasteiger partial charge in [0, 0.05) is 23.2 Å². The third-order valence-electron chi connectivity index (χ3n) is 10.9. The number of rotatable bonds is 4. The van der Waals surface area contributed by atoms with Crippen LogP contribution in [0.1, 0.15) is 86.1 Å². The van der Waals surface area contributed by atoms with Crippen LogP contribution >= 0.6 is 0 Å². The number of nitrogens with zero attached hydrogens (tertiary/aromatic N) is 1. The van der Waals surface area contributed by atoms with Crippen LogP contribution in [0.15, 0.2) is 53.1 Å². The van der Waals surface area contributed by atoms with E-state index in [1.807, 2.05) is 51.1 Å². The molecule has 5 heteroatoms. The van der Waals surface area contributed by atoms with Crippen molar-refractivity contribution in [1.82, 2.24) is 0 Å². The van der Waals surface area contributed by atoms with Crippen molar-refractivity contribution in [3.8, 4) is 0 Å². The van der Waals surface area contributed by atoms with Crippen LogP contribution in [0, 0.1) is 34.0 Å². The van der Waals surface area contributed by atoms with Crippen LogP contribution in [-0.2, 0) is 11.2 Å². The number of aliphatic imine (C=N–C) groups is 1. The zero-order chi connectivity index (χ0) is 28.6. The minimum Gasteiger partial charge on any atom is -0.390 e. The van der Waals surface area contributed by atoms with Crippen LogP contribution in [0.5, 0.6) is 0 Å². The van der Waals surface area contributed by atoms with E-state index in [1.165, 1.54) is 5.56 Å². The molecule has 4 nitrogen and oxygen atoms in total. The summed E-state index contributed by atoms with van der Waals surface area (Å²) >= 11 is 0. The average Bonchev–Trinajstić information content (AvgIpc) is 3.06. The Morgan fingerprint density at radius 3 is 2.44 bits per heavy atom. The highest BCUT2D eigenvalue weighted by molar-refractivity contribution is 6.07. The fourth-order valence-corrected chi connectivity index (χ4v) is 8.94. The summed E-state index contributed by atoms with van der Waals surface area (Å²) in [5.41, 5.74) is -1.11. The van der Waals surface area contributed by atoms with E-state index in [1.54, 1.807) is 6.92 Å². The summed E-state index contributed by atoms with van der Waals surface area (Å²) in [5, 5.41) is 23.4. The number of hydrogen-bond acceptors (Lipinski definition) is 4. The number of alkyl halides is 1. The number of allylic oxidation sites excluding steroid dienone is 4. The molecule has 0 radical (unpaired) electrons. The van der Waals surface area contributed by atoms with Gasteiger partial charge in [0.1, 0.15) is 5.60 Å². The number of carbonyl (C=O) groups is 1. The van der Waals surface area contributed by atoms with Crippen LogP contribution in [0.25, 0.3) is 0 Å². The van der Waals surface area contributed by atoms with E-state index >= 15 is 4.39 Å². The third-order valence-corrected chi connectivity index (χ3v) is 10.9. The van der Waals surface area contributed by atoms with Gasteiger partial charge in [0.2, 0.25) is 0 Å². The lowest BCUT2D eigenvalue weighted by atomic mass is 9.44. The Hall–Kier alpha value is -2.11. The summed E-state index contributed by atoms with van der Waals surface area (Å²) in [6.45, 7) is 14.2. The predicted octanol–water partition coefficient (Wildman–Crippen LogP) is 7.11. The highest BCUT2D eigenvalue weighted by atomic mass is 19.1. The largest absolute Gasteiger partial charge is 0.390 e. The summed E-state index contributed by atoms with van der Waals surface area (Å²) in [6, 6.07) is 8.32. The number of hydrogen-bond donors (Lipinski definition) is 2. The molecule has 4 aliphatic rings. The molecule has 3 saturated carbocycles. The van der Waals surface area contributed by atoms with Crippen LogP contribution in [0.4, 0.5) is 10.1 Å². The number of carbonyl (C=O) groups excluding carboxylic acids is 1. The van der Waals surface area contributed by atoms with Crippen molar-refractivity contribution in [2.45, 2.75) is 104 Å². The summed E-state index contributed by atoms with van der Waals surface area (Å²) in [5.74, 6) is -1.07. The highest BCUT2D eigenvalue weighted by Crippen LogP contribution is 2.70. The topological polar surface area (TPSA) is 69.9 Å². The molecule has 1 aromatic rings. The summed E-state index contributed by atoms with van der Waals surface area (Å²) in [4.78, 5) is 17.9. The molecule has 3 fully saturated rings. The molecular formula is C34H46FNO3. The van der Waals surface area contributed by atoms with Gasteiger partial charge < -0.3 is 10.2 Å². The van der Waals surface area contributed by atoms with Crippen LogP contribution in [0.3, 0.4) is 0 Å². The molecule has 0 saturated heterocycles. The summed E-state index contributed by atoms with van der Waals surface area (Å²) in [7, 11) is 0. The van der Waals surface area contributed by atoms with E-state index in [-0.39, 0.29) is 35.9 Å². The lowest BCUT2D eigenvalue weighted by molar-refractivity contribution is -0.218. The van der Waals surface area contributed by atoms with E-state index in [4.69, 9.17) is 4.99 Å². The Morgan fingerprint density at radius 1 is 1.15 bits per heavy atom. The molecule has 0 bridgehead atoms. The molecule has 0 spiro atoms. The number of benzene rings is 1. The monoisotopic (exact) mass is 535 g/mol. The number of Topliss-reactive ketones (excluding diaryl/α,β-unsaturated/α-hetero) is 1. The van der Waals surface area contributed by atoms with E-state index in [2.05, 4.69) is 32.9 Å². The Morgan fingerprint density at radius 2 is 1.82 bits per heavy atom. The Balaban J connectivity index is 1.45. The molecule has 8 atom stereocenters. The standard InChI is InChI=1S/C34H46FNO3/c1-8-28(37)34(39)21(2)17-27-26-14-11-23-18-25(36-24-12-9-22(10-13-24)19-30(3,4)5)15-16-31(23,6)33(26,35)29(38)20-32(27,34)7/h9-10,12-13,15-16,18,21,26-27,29,38-39H,8,11,14,17,19-20H2,1-7H3/t21-,26+,27+,29+,31+,32+,33+,34+/m1/s1. The molecule has 39 heavy (non-hydrogen) atoms. The SMILES string of the molecule is CCC(=O)[C@@]1(O)[C@H](C)C[C@H]2[C@@H]3CCC4=CC(=Nc5ccc(CC(C)(C)C)cc5)C=C[C@]4(C)[C@@]3(F)[C@@H](O)C[C@@]21C. The quantitative estimate of drug-likeness (QED) is 0.432. The maximum atomic E-state index is 17.6. The fourth-order valence-electron chi connectivity index (χ4n) is 8.94. The molecular weight excluding hydrogens is 489 g/mol. The number of ketones is 1. The van der Waals surface area contributed by atoms with Crippen LogP contribution in [-0.4, -0.2) is 39.1 Å². The van der Waals surface area contributed by atoms with Gasteiger partial charge in [-0.2, -0.15) is 0 Å². The first-order valence-electron chi connectivity index (χ1n) is 14.8. The zero-order valence-corrected chi connectivity index (χ0v) is 24.7. The van der Waals surface area contributed by atoms with Gasteiger partial charge in [0.15, 0.2) is 11.5 Å². The molecule has 0 amide bonds. The lowest BCUT2D eigenvalue weighted by Gasteiger charge is -2.62. The highest BCUT2D eigenvalue weighted by Gasteiger charge is 2.75. The Labute approximate surface area is 233 Å². The van der Waals surface area contributed by atoms with Crippen molar-refractivity contribution in [2.75, 3.05) is 0 Å². The van der Waals surface area contributed by atoms with Crippen molar-refractivity contribution >= 4 is 17.2 Å². The number of aliphatic hydroxyl groups excluding tert-OH is 1. The fraction of sp³-hybridized carbons (Fsp3) is 0.647. The number of fused-ring (bicyclic) bond motifs is 5. The minimum absolute atomic E-state index is 0.0792. The van der Waals surface area contributed by atoms with Crippen molar-refractivity contribution in [2.24, 2.45) is 39.0 Å². The maximum absolute atomic E-state index is 17.6. The van der Waals surface area contributed by atoms with Crippen molar-refractivity contribution in [3.05, 3.63) is 53.6 Å². The molecule has 0 aromatic heterocycles. The minimum atomic E-state index is -1.88. The van der Waals surface area contributed by atoms with Crippen molar-refractivity contribution < 1.29 is 19.4 Å². The average molecular weight is 536 g/mol. The normalized spacial score (nSPS) is 42.5. The Bertz CT molecular complexity index is 1240. The van der Waals surface area contributed by atoms with Crippen molar-refractivity contribution in [3.63, 3.8) is 0 Å². The summed E-state index contributed by atoms with van der Waals surface area (Å²) < 4.78 is 17.6. The van der Waals surface area contributed by atoms with Gasteiger partial charge in [-0.15, -0.1) is 0 Å². The molecule has 2 N–H and O–H groups in total. The Kier molecular flexibility index (Phi) is 6.71. The maximum Gasteiger partial charge on any atom is 0.164 e. The van der Waals surface area contributed by atoms with Gasteiger partial charge in [0.05, 0.1) is 17.5 Å². The molecule has 1 aromatic carbocycles. The van der Waals surface area contributed by atoms with Crippen LogP contribution < -0.4 is 0 Å². The second-order valence-electron chi connectivity index (χ2n) is 14.5. The molecule has 212 valence electrons. The molecule has 0 aliphatic heterocycles. The summed E-state index contributed by atoms with van der Waals surface area (Å²) in [6.07, 6.45) is 7.73. The second kappa shape index (κ2) is 9.21. The number of aliphatic hydroxyl groups is 2. The molecule has 5 rings (SSSR count). The first kappa shape index (κ1) is 28.4. The van der Waals surface area contributed by atoms with Gasteiger partial charge in [-0.05, 0) is 86.1 Å². The smallest absolute Gasteiger partial charge is 0.164 e. The molecule has 0 unspecified atom stereocenters. The van der Waals surface area contributed by atoms with Gasteiger partial charge in [-0.3, -0.25) is 4.79 Å². The van der Waals surface area contributed by atoms with Gasteiger partial charge in [-0.1, -0.05) is 65.3 Å². The van der Waals surface area contributed by atoms with E-state index in [0.29, 0.717) is 19.3 Å². The second-order valence-corrected chi connectivity index (χ2v) is 14.5. The zero-order valence-electron chi connectivity index (χ0n) is 24.7.